The van der Waals surface area contributed by atoms with E-state index in [2.05, 4.69) is 20.8 Å². The van der Waals surface area contributed by atoms with E-state index in [-0.39, 0.29) is 11.9 Å². The van der Waals surface area contributed by atoms with E-state index in [0.29, 0.717) is 46.6 Å². The largest absolute Gasteiger partial charge is 0.493 e. The van der Waals surface area contributed by atoms with Crippen LogP contribution in [0.1, 0.15) is 18.7 Å². The molecule has 3 rings (SSSR count). The quantitative estimate of drug-likeness (QED) is 0.755. The molecule has 8 nitrogen and oxygen atoms in total. The van der Waals surface area contributed by atoms with E-state index < -0.39 is 0 Å². The lowest BCUT2D eigenvalue weighted by atomic mass is 10.2. The van der Waals surface area contributed by atoms with Gasteiger partial charge in [-0.25, -0.2) is 0 Å². The first-order valence-electron chi connectivity index (χ1n) is 8.35. The average molecular weight is 381 g/mol. The van der Waals surface area contributed by atoms with Gasteiger partial charge in [-0.15, -0.1) is 0 Å². The van der Waals surface area contributed by atoms with E-state index in [1.165, 1.54) is 14.2 Å². The van der Waals surface area contributed by atoms with E-state index in [1.54, 1.807) is 12.1 Å². The number of aromatic nitrogens is 2. The third-order valence-corrected chi connectivity index (χ3v) is 4.43. The van der Waals surface area contributed by atoms with E-state index in [4.69, 9.17) is 25.6 Å². The lowest BCUT2D eigenvalue weighted by Gasteiger charge is -2.10. The second kappa shape index (κ2) is 8.37. The van der Waals surface area contributed by atoms with Gasteiger partial charge in [-0.1, -0.05) is 16.8 Å². The molecule has 1 fully saturated rings. The molecule has 9 heteroatoms. The number of methoxy groups -OCH3 is 2. The molecule has 0 bridgehead atoms. The maximum atomic E-state index is 12.0. The number of amides is 1. The van der Waals surface area contributed by atoms with Crippen LogP contribution >= 0.6 is 11.6 Å². The van der Waals surface area contributed by atoms with Crippen molar-refractivity contribution in [1.82, 2.24) is 20.8 Å². The summed E-state index contributed by atoms with van der Waals surface area (Å²) in [5, 5.41) is 10.5. The number of nitrogens with one attached hydrogen (secondary N) is 2. The monoisotopic (exact) mass is 380 g/mol. The number of rotatable bonds is 7. The predicted molar refractivity (Wildman–Crippen MR) is 95.6 cm³/mol. The van der Waals surface area contributed by atoms with E-state index in [0.717, 1.165) is 19.5 Å². The molecule has 2 aromatic rings. The topological polar surface area (TPSA) is 98.5 Å². The van der Waals surface area contributed by atoms with Crippen LogP contribution in [0.3, 0.4) is 0 Å². The van der Waals surface area contributed by atoms with E-state index in [9.17, 15) is 4.79 Å². The fourth-order valence-corrected chi connectivity index (χ4v) is 3.11. The second-order valence-electron chi connectivity index (χ2n) is 5.96. The maximum Gasteiger partial charge on any atom is 0.227 e. The summed E-state index contributed by atoms with van der Waals surface area (Å²) in [5.41, 5.74) is 0.643. The molecular formula is C17H21ClN4O4. The third-order valence-electron chi connectivity index (χ3n) is 4.15. The van der Waals surface area contributed by atoms with Crippen molar-refractivity contribution in [3.05, 3.63) is 23.0 Å². The first kappa shape index (κ1) is 18.5. The predicted octanol–water partition coefficient (Wildman–Crippen LogP) is 1.82. The Labute approximate surface area is 156 Å². The van der Waals surface area contributed by atoms with Crippen molar-refractivity contribution >= 4 is 17.5 Å². The van der Waals surface area contributed by atoms with Crippen molar-refractivity contribution in [2.24, 2.45) is 0 Å². The molecule has 1 aliphatic heterocycles. The van der Waals surface area contributed by atoms with E-state index in [1.807, 2.05) is 0 Å². The van der Waals surface area contributed by atoms with Crippen LogP contribution in [0.5, 0.6) is 11.5 Å². The zero-order valence-corrected chi connectivity index (χ0v) is 15.4. The lowest BCUT2D eigenvalue weighted by molar-refractivity contribution is -0.121. The van der Waals surface area contributed by atoms with Crippen molar-refractivity contribution in [1.29, 1.82) is 0 Å². The highest BCUT2D eigenvalue weighted by molar-refractivity contribution is 6.32. The van der Waals surface area contributed by atoms with Crippen LogP contribution in [0.15, 0.2) is 16.7 Å². The number of halogens is 1. The number of hydrogen-bond acceptors (Lipinski definition) is 7. The number of carbonyl (C=O) groups excluding carboxylic acids is 1. The summed E-state index contributed by atoms with van der Waals surface area (Å²) >= 11 is 6.20. The molecular weight excluding hydrogens is 360 g/mol. The van der Waals surface area contributed by atoms with Crippen LogP contribution in [-0.2, 0) is 11.2 Å². The highest BCUT2D eigenvalue weighted by Crippen LogP contribution is 2.38. The Balaban J connectivity index is 1.64. The highest BCUT2D eigenvalue weighted by Gasteiger charge is 2.18. The SMILES string of the molecule is COc1cc(-c2noc(CCC(=O)NC3CCNC3)n2)cc(Cl)c1OC. The van der Waals surface area contributed by atoms with Crippen molar-refractivity contribution in [2.75, 3.05) is 27.3 Å². The van der Waals surface area contributed by atoms with Crippen LogP contribution in [0.4, 0.5) is 0 Å². The van der Waals surface area contributed by atoms with Gasteiger partial charge < -0.3 is 24.6 Å². The molecule has 1 atom stereocenters. The van der Waals surface area contributed by atoms with Gasteiger partial charge in [0.2, 0.25) is 17.6 Å². The van der Waals surface area contributed by atoms with Crippen LogP contribution in [0, 0.1) is 0 Å². The smallest absolute Gasteiger partial charge is 0.227 e. The number of carbonyl (C=O) groups is 1. The zero-order valence-electron chi connectivity index (χ0n) is 14.7. The minimum absolute atomic E-state index is 0.0207. The Morgan fingerprint density at radius 2 is 2.27 bits per heavy atom. The molecule has 1 aliphatic rings. The molecule has 0 radical (unpaired) electrons. The summed E-state index contributed by atoms with van der Waals surface area (Å²) in [6, 6.07) is 3.60. The van der Waals surface area contributed by atoms with Gasteiger partial charge in [-0.05, 0) is 25.1 Å². The number of benzene rings is 1. The average Bonchev–Trinajstić information content (AvgIpc) is 3.31. The summed E-state index contributed by atoms with van der Waals surface area (Å²) in [7, 11) is 3.04. The molecule has 1 amide bonds. The molecule has 26 heavy (non-hydrogen) atoms. The molecule has 0 spiro atoms. The minimum Gasteiger partial charge on any atom is -0.493 e. The van der Waals surface area contributed by atoms with E-state index >= 15 is 0 Å². The van der Waals surface area contributed by atoms with Crippen LogP contribution in [0.25, 0.3) is 11.4 Å². The standard InChI is InChI=1S/C17H21ClN4O4/c1-24-13-8-10(7-12(18)16(13)25-2)17-21-15(26-22-17)4-3-14(23)20-11-5-6-19-9-11/h7-8,11,19H,3-6,9H2,1-2H3,(H,20,23). The Kier molecular flexibility index (Phi) is 5.95. The van der Waals surface area contributed by atoms with Crippen molar-refractivity contribution in [3.63, 3.8) is 0 Å². The third kappa shape index (κ3) is 4.25. The summed E-state index contributed by atoms with van der Waals surface area (Å²) in [6.45, 7) is 1.75. The summed E-state index contributed by atoms with van der Waals surface area (Å²) in [4.78, 5) is 16.3. The normalized spacial score (nSPS) is 16.5. The van der Waals surface area contributed by atoms with Crippen molar-refractivity contribution in [2.45, 2.75) is 25.3 Å². The Morgan fingerprint density at radius 3 is 2.96 bits per heavy atom. The summed E-state index contributed by atoms with van der Waals surface area (Å²) < 4.78 is 15.7. The van der Waals surface area contributed by atoms with Gasteiger partial charge in [-0.3, -0.25) is 4.79 Å². The molecule has 1 aromatic carbocycles. The van der Waals surface area contributed by atoms with Gasteiger partial charge in [0, 0.05) is 31.0 Å². The fourth-order valence-electron chi connectivity index (χ4n) is 2.82. The number of ether oxygens (including phenoxy) is 2. The first-order chi connectivity index (χ1) is 12.6. The number of hydrogen-bond donors (Lipinski definition) is 2. The Morgan fingerprint density at radius 1 is 1.42 bits per heavy atom. The summed E-state index contributed by atoms with van der Waals surface area (Å²) in [6.07, 6.45) is 1.63. The molecule has 2 N–H and O–H groups in total. The number of nitrogens with zero attached hydrogens (tertiary/aromatic N) is 2. The Hall–Kier alpha value is -2.32. The molecule has 2 heterocycles. The molecule has 140 valence electrons. The van der Waals surface area contributed by atoms with Crippen LogP contribution in [0.2, 0.25) is 5.02 Å². The van der Waals surface area contributed by atoms with Gasteiger partial charge in [0.05, 0.1) is 19.2 Å². The highest BCUT2D eigenvalue weighted by atomic mass is 35.5. The van der Waals surface area contributed by atoms with Crippen molar-refractivity contribution < 1.29 is 18.8 Å². The summed E-state index contributed by atoms with van der Waals surface area (Å²) in [5.74, 6) is 1.67. The van der Waals surface area contributed by atoms with Crippen LogP contribution in [-0.4, -0.2) is 49.4 Å². The maximum absolute atomic E-state index is 12.0. The molecule has 1 unspecified atom stereocenters. The van der Waals surface area contributed by atoms with Gasteiger partial charge in [-0.2, -0.15) is 4.98 Å². The molecule has 0 aliphatic carbocycles. The molecule has 0 saturated carbocycles. The molecule has 1 aromatic heterocycles. The lowest BCUT2D eigenvalue weighted by Crippen LogP contribution is -2.36. The van der Waals surface area contributed by atoms with Gasteiger partial charge in [0.25, 0.3) is 0 Å². The zero-order chi connectivity index (χ0) is 18.5. The second-order valence-corrected chi connectivity index (χ2v) is 6.37. The van der Waals surface area contributed by atoms with Gasteiger partial charge in [0.15, 0.2) is 11.5 Å². The number of aryl methyl sites for hydroxylation is 1. The minimum atomic E-state index is -0.0207. The first-order valence-corrected chi connectivity index (χ1v) is 8.73. The Bertz CT molecular complexity index is 774. The fraction of sp³-hybridized carbons (Fsp3) is 0.471. The van der Waals surface area contributed by atoms with Gasteiger partial charge in [0.1, 0.15) is 0 Å². The van der Waals surface area contributed by atoms with Gasteiger partial charge >= 0.3 is 0 Å². The molecule has 1 saturated heterocycles. The van der Waals surface area contributed by atoms with Crippen LogP contribution < -0.4 is 20.1 Å². The van der Waals surface area contributed by atoms with Crippen molar-refractivity contribution in [3.8, 4) is 22.9 Å².